The molecule has 1 unspecified atom stereocenters. The molecule has 33 heavy (non-hydrogen) atoms. The van der Waals surface area contributed by atoms with Gasteiger partial charge in [-0.25, -0.2) is 0 Å². The third kappa shape index (κ3) is 3.69. The zero-order chi connectivity index (χ0) is 23.9. The van der Waals surface area contributed by atoms with E-state index in [0.29, 0.717) is 38.8 Å². The molecule has 1 aliphatic heterocycles. The molecule has 0 radical (unpaired) electrons. The molecule has 1 aromatic heterocycles. The van der Waals surface area contributed by atoms with E-state index in [0.717, 1.165) is 5.56 Å². The lowest BCUT2D eigenvalue weighted by Gasteiger charge is -2.26. The topological polar surface area (TPSA) is 87.4 Å². The quantitative estimate of drug-likeness (QED) is 0.513. The first-order valence-corrected chi connectivity index (χ1v) is 10.6. The molecule has 174 valence electrons. The van der Waals surface area contributed by atoms with E-state index in [2.05, 4.69) is 0 Å². The Hall–Kier alpha value is -3.23. The second kappa shape index (κ2) is 8.96. The van der Waals surface area contributed by atoms with Crippen LogP contribution in [0.15, 0.2) is 33.5 Å². The summed E-state index contributed by atoms with van der Waals surface area (Å²) in [5.41, 5.74) is 1.58. The van der Waals surface area contributed by atoms with E-state index >= 15 is 0 Å². The molecule has 1 aliphatic rings. The van der Waals surface area contributed by atoms with Crippen molar-refractivity contribution in [1.29, 1.82) is 0 Å². The zero-order valence-corrected chi connectivity index (χ0v) is 19.7. The molecule has 0 saturated heterocycles. The van der Waals surface area contributed by atoms with Crippen LogP contribution in [0.2, 0.25) is 5.02 Å². The van der Waals surface area contributed by atoms with Crippen molar-refractivity contribution in [2.24, 2.45) is 0 Å². The lowest BCUT2D eigenvalue weighted by atomic mass is 9.97. The summed E-state index contributed by atoms with van der Waals surface area (Å²) in [5.74, 6) is 0.826. The smallest absolute Gasteiger partial charge is 0.290 e. The maximum absolute atomic E-state index is 13.6. The van der Waals surface area contributed by atoms with Crippen molar-refractivity contribution in [3.05, 3.63) is 62.0 Å². The van der Waals surface area contributed by atoms with Crippen LogP contribution in [0, 0.1) is 6.92 Å². The van der Waals surface area contributed by atoms with E-state index in [1.54, 1.807) is 43.2 Å². The molecule has 2 heterocycles. The van der Waals surface area contributed by atoms with Crippen LogP contribution in [-0.2, 0) is 4.74 Å². The van der Waals surface area contributed by atoms with Gasteiger partial charge < -0.3 is 28.3 Å². The highest BCUT2D eigenvalue weighted by molar-refractivity contribution is 6.32. The van der Waals surface area contributed by atoms with Crippen LogP contribution in [0.25, 0.3) is 11.0 Å². The number of benzene rings is 2. The minimum atomic E-state index is -0.739. The van der Waals surface area contributed by atoms with Crippen LogP contribution in [0.1, 0.15) is 33.3 Å². The fourth-order valence-corrected chi connectivity index (χ4v) is 4.33. The largest absolute Gasteiger partial charge is 0.493 e. The van der Waals surface area contributed by atoms with Crippen molar-refractivity contribution in [3.8, 4) is 17.2 Å². The average molecular weight is 474 g/mol. The Labute approximate surface area is 195 Å². The summed E-state index contributed by atoms with van der Waals surface area (Å²) in [6.07, 6.45) is 0. The lowest BCUT2D eigenvalue weighted by molar-refractivity contribution is 0.0662. The van der Waals surface area contributed by atoms with Gasteiger partial charge in [0.2, 0.25) is 11.5 Å². The number of amides is 1. The van der Waals surface area contributed by atoms with Crippen LogP contribution in [0.5, 0.6) is 17.2 Å². The van der Waals surface area contributed by atoms with Gasteiger partial charge in [0.1, 0.15) is 5.58 Å². The van der Waals surface area contributed by atoms with Gasteiger partial charge in [0.15, 0.2) is 16.9 Å². The Morgan fingerprint density at radius 2 is 1.67 bits per heavy atom. The molecular formula is C24H24ClNO7. The predicted molar refractivity (Wildman–Crippen MR) is 123 cm³/mol. The Morgan fingerprint density at radius 1 is 1.00 bits per heavy atom. The monoisotopic (exact) mass is 473 g/mol. The molecule has 0 bridgehead atoms. The van der Waals surface area contributed by atoms with Crippen LogP contribution >= 0.6 is 11.6 Å². The van der Waals surface area contributed by atoms with Gasteiger partial charge in [-0.15, -0.1) is 0 Å². The summed E-state index contributed by atoms with van der Waals surface area (Å²) in [6, 6.07) is 5.95. The van der Waals surface area contributed by atoms with Crippen molar-refractivity contribution < 1.29 is 28.2 Å². The van der Waals surface area contributed by atoms with Crippen molar-refractivity contribution >= 4 is 28.5 Å². The second-order valence-corrected chi connectivity index (χ2v) is 8.03. The van der Waals surface area contributed by atoms with E-state index in [4.69, 9.17) is 35.0 Å². The molecule has 0 spiro atoms. The first-order valence-electron chi connectivity index (χ1n) is 10.2. The molecule has 0 fully saturated rings. The number of hydrogen-bond donors (Lipinski definition) is 0. The van der Waals surface area contributed by atoms with Crippen molar-refractivity contribution in [2.75, 3.05) is 41.6 Å². The normalized spacial score (nSPS) is 15.2. The Balaban J connectivity index is 2.01. The van der Waals surface area contributed by atoms with Gasteiger partial charge in [0.05, 0.1) is 44.9 Å². The van der Waals surface area contributed by atoms with Gasteiger partial charge in [-0.05, 0) is 42.3 Å². The van der Waals surface area contributed by atoms with Gasteiger partial charge in [-0.2, -0.15) is 0 Å². The minimum Gasteiger partial charge on any atom is -0.493 e. The molecule has 2 aromatic carbocycles. The first-order chi connectivity index (χ1) is 15.9. The van der Waals surface area contributed by atoms with E-state index in [1.807, 2.05) is 0 Å². The molecule has 1 amide bonds. The fraction of sp³-hybridized carbons (Fsp3) is 0.333. The molecule has 8 nitrogen and oxygen atoms in total. The van der Waals surface area contributed by atoms with E-state index in [9.17, 15) is 9.59 Å². The number of aryl methyl sites for hydroxylation is 1. The summed E-state index contributed by atoms with van der Waals surface area (Å²) in [7, 11) is 6.06. The first kappa shape index (κ1) is 22.9. The molecule has 4 rings (SSSR count). The molecule has 0 saturated carbocycles. The van der Waals surface area contributed by atoms with Gasteiger partial charge >= 0.3 is 0 Å². The number of halogens is 1. The molecule has 0 aliphatic carbocycles. The summed E-state index contributed by atoms with van der Waals surface area (Å²) < 4.78 is 27.6. The predicted octanol–water partition coefficient (Wildman–Crippen LogP) is 3.97. The number of carbonyl (C=O) groups is 1. The fourth-order valence-electron chi connectivity index (χ4n) is 4.17. The number of carbonyl (C=O) groups excluding carboxylic acids is 1. The Kier molecular flexibility index (Phi) is 6.23. The van der Waals surface area contributed by atoms with Crippen molar-refractivity contribution in [1.82, 2.24) is 4.90 Å². The SMILES string of the molecule is COCCN1C(=O)c2oc3cc(C)c(Cl)cc3c(=O)c2C1c1cc(OC)c(OC)c(OC)c1. The van der Waals surface area contributed by atoms with Crippen molar-refractivity contribution in [3.63, 3.8) is 0 Å². The lowest BCUT2D eigenvalue weighted by Crippen LogP contribution is -2.32. The zero-order valence-electron chi connectivity index (χ0n) is 19.0. The third-order valence-electron chi connectivity index (χ3n) is 5.79. The molecule has 1 atom stereocenters. The van der Waals surface area contributed by atoms with E-state index in [-0.39, 0.29) is 29.9 Å². The number of ether oxygens (including phenoxy) is 4. The minimum absolute atomic E-state index is 0.00378. The molecule has 3 aromatic rings. The highest BCUT2D eigenvalue weighted by Crippen LogP contribution is 2.45. The summed E-state index contributed by atoms with van der Waals surface area (Å²) in [4.78, 5) is 28.6. The summed E-state index contributed by atoms with van der Waals surface area (Å²) >= 11 is 6.28. The molecular weight excluding hydrogens is 450 g/mol. The van der Waals surface area contributed by atoms with E-state index < -0.39 is 11.9 Å². The van der Waals surface area contributed by atoms with Crippen LogP contribution in [0.3, 0.4) is 0 Å². The van der Waals surface area contributed by atoms with Crippen LogP contribution in [0.4, 0.5) is 0 Å². The van der Waals surface area contributed by atoms with Gasteiger partial charge in [-0.1, -0.05) is 11.6 Å². The number of rotatable bonds is 7. The van der Waals surface area contributed by atoms with Gasteiger partial charge in [0, 0.05) is 18.7 Å². The highest BCUT2D eigenvalue weighted by Gasteiger charge is 2.43. The third-order valence-corrected chi connectivity index (χ3v) is 6.19. The summed E-state index contributed by atoms with van der Waals surface area (Å²) in [6.45, 7) is 2.33. The number of nitrogens with zero attached hydrogens (tertiary/aromatic N) is 1. The average Bonchev–Trinajstić information content (AvgIpc) is 3.09. The molecule has 9 heteroatoms. The molecule has 0 N–H and O–H groups in total. The summed E-state index contributed by atoms with van der Waals surface area (Å²) in [5, 5.41) is 0.753. The van der Waals surface area contributed by atoms with Gasteiger partial charge in [-0.3, -0.25) is 9.59 Å². The van der Waals surface area contributed by atoms with Crippen LogP contribution < -0.4 is 19.6 Å². The van der Waals surface area contributed by atoms with Crippen molar-refractivity contribution in [2.45, 2.75) is 13.0 Å². The van der Waals surface area contributed by atoms with Crippen LogP contribution in [-0.4, -0.2) is 52.4 Å². The number of fused-ring (bicyclic) bond motifs is 2. The number of hydrogen-bond acceptors (Lipinski definition) is 7. The Bertz CT molecular complexity index is 1280. The maximum Gasteiger partial charge on any atom is 0.290 e. The highest BCUT2D eigenvalue weighted by atomic mass is 35.5. The standard InChI is InChI=1S/C24H24ClNO7/c1-12-8-16-14(11-15(12)25)21(27)19-20(26(6-7-29-2)24(28)23(19)33-16)13-9-17(30-3)22(32-5)18(10-13)31-4/h8-11,20H,6-7H2,1-5H3. The Morgan fingerprint density at radius 3 is 2.24 bits per heavy atom. The second-order valence-electron chi connectivity index (χ2n) is 7.62. The maximum atomic E-state index is 13.6. The number of methoxy groups -OCH3 is 4. The van der Waals surface area contributed by atoms with Gasteiger partial charge in [0.25, 0.3) is 5.91 Å². The van der Waals surface area contributed by atoms with E-state index in [1.165, 1.54) is 21.3 Å².